The fourth-order valence-electron chi connectivity index (χ4n) is 3.45. The molecule has 1 aliphatic rings. The van der Waals surface area contributed by atoms with Gasteiger partial charge in [0.25, 0.3) is 0 Å². The van der Waals surface area contributed by atoms with Crippen molar-refractivity contribution in [1.82, 2.24) is 0 Å². The molecule has 1 aromatic rings. The van der Waals surface area contributed by atoms with E-state index >= 15 is 0 Å². The minimum Gasteiger partial charge on any atom is -0.462 e. The van der Waals surface area contributed by atoms with E-state index in [1.807, 2.05) is 31.2 Å². The maximum atomic E-state index is 12.6. The SMILES string of the molecule is CC(C)[C@@H]1CC[C@@H](C)C[C@H]1OC(=O)[C@@H](C)c1ccccc1I. The van der Waals surface area contributed by atoms with Gasteiger partial charge in [0.1, 0.15) is 6.10 Å². The molecular weight excluding hydrogens is 387 g/mol. The Balaban J connectivity index is 2.07. The molecule has 122 valence electrons. The molecule has 0 bridgehead atoms. The van der Waals surface area contributed by atoms with Crippen molar-refractivity contribution in [2.75, 3.05) is 0 Å². The molecule has 1 fully saturated rings. The van der Waals surface area contributed by atoms with Crippen molar-refractivity contribution in [3.05, 3.63) is 33.4 Å². The van der Waals surface area contributed by atoms with Gasteiger partial charge in [0.2, 0.25) is 0 Å². The Morgan fingerprint density at radius 2 is 1.91 bits per heavy atom. The number of rotatable bonds is 4. The monoisotopic (exact) mass is 414 g/mol. The summed E-state index contributed by atoms with van der Waals surface area (Å²) >= 11 is 2.29. The van der Waals surface area contributed by atoms with Crippen molar-refractivity contribution >= 4 is 28.6 Å². The lowest BCUT2D eigenvalue weighted by Crippen LogP contribution is -2.36. The molecule has 0 spiro atoms. The smallest absolute Gasteiger partial charge is 0.313 e. The van der Waals surface area contributed by atoms with E-state index in [0.717, 1.165) is 15.6 Å². The Morgan fingerprint density at radius 3 is 2.55 bits per heavy atom. The zero-order chi connectivity index (χ0) is 16.3. The first-order valence-electron chi connectivity index (χ1n) is 8.35. The van der Waals surface area contributed by atoms with Gasteiger partial charge < -0.3 is 4.74 Å². The van der Waals surface area contributed by atoms with Crippen LogP contribution in [0.5, 0.6) is 0 Å². The van der Waals surface area contributed by atoms with E-state index < -0.39 is 0 Å². The van der Waals surface area contributed by atoms with Crippen LogP contribution in [0, 0.1) is 21.3 Å². The Labute approximate surface area is 148 Å². The van der Waals surface area contributed by atoms with Gasteiger partial charge in [-0.2, -0.15) is 0 Å². The first-order valence-corrected chi connectivity index (χ1v) is 9.43. The summed E-state index contributed by atoms with van der Waals surface area (Å²) in [6.07, 6.45) is 3.52. The fraction of sp³-hybridized carbons (Fsp3) is 0.632. The molecule has 0 heterocycles. The van der Waals surface area contributed by atoms with Crippen LogP contribution in [-0.4, -0.2) is 12.1 Å². The Hall–Kier alpha value is -0.580. The van der Waals surface area contributed by atoms with Gasteiger partial charge in [-0.1, -0.05) is 45.4 Å². The lowest BCUT2D eigenvalue weighted by atomic mass is 9.75. The van der Waals surface area contributed by atoms with Gasteiger partial charge in [-0.25, -0.2) is 0 Å². The van der Waals surface area contributed by atoms with Gasteiger partial charge in [-0.3, -0.25) is 4.79 Å². The predicted molar refractivity (Wildman–Crippen MR) is 98.8 cm³/mol. The summed E-state index contributed by atoms with van der Waals surface area (Å²) in [7, 11) is 0. The van der Waals surface area contributed by atoms with Crippen molar-refractivity contribution < 1.29 is 9.53 Å². The average Bonchev–Trinajstić information content (AvgIpc) is 2.46. The second-order valence-electron chi connectivity index (χ2n) is 7.04. The molecule has 0 amide bonds. The summed E-state index contributed by atoms with van der Waals surface area (Å²) in [5, 5.41) is 0. The number of halogens is 1. The average molecular weight is 414 g/mol. The molecule has 0 N–H and O–H groups in total. The largest absolute Gasteiger partial charge is 0.462 e. The highest BCUT2D eigenvalue weighted by Gasteiger charge is 2.34. The van der Waals surface area contributed by atoms with E-state index in [1.54, 1.807) is 0 Å². The minimum absolute atomic E-state index is 0.0751. The van der Waals surface area contributed by atoms with E-state index in [9.17, 15) is 4.79 Å². The number of hydrogen-bond donors (Lipinski definition) is 0. The molecule has 3 heteroatoms. The molecule has 0 saturated heterocycles. The van der Waals surface area contributed by atoms with Crippen molar-refractivity contribution in [1.29, 1.82) is 0 Å². The highest BCUT2D eigenvalue weighted by Crippen LogP contribution is 2.36. The molecule has 4 atom stereocenters. The molecule has 0 radical (unpaired) electrons. The van der Waals surface area contributed by atoms with Crippen LogP contribution < -0.4 is 0 Å². The van der Waals surface area contributed by atoms with E-state index in [0.29, 0.717) is 17.8 Å². The first-order chi connectivity index (χ1) is 10.4. The van der Waals surface area contributed by atoms with Crippen molar-refractivity contribution in [2.24, 2.45) is 17.8 Å². The maximum absolute atomic E-state index is 12.6. The molecule has 22 heavy (non-hydrogen) atoms. The highest BCUT2D eigenvalue weighted by atomic mass is 127. The highest BCUT2D eigenvalue weighted by molar-refractivity contribution is 14.1. The molecule has 2 nitrogen and oxygen atoms in total. The zero-order valence-electron chi connectivity index (χ0n) is 14.0. The molecule has 0 aromatic heterocycles. The third kappa shape index (κ3) is 4.24. The van der Waals surface area contributed by atoms with Crippen LogP contribution in [-0.2, 0) is 9.53 Å². The summed E-state index contributed by atoms with van der Waals surface area (Å²) in [6.45, 7) is 8.70. The second-order valence-corrected chi connectivity index (χ2v) is 8.21. The summed E-state index contributed by atoms with van der Waals surface area (Å²) < 4.78 is 7.09. The third-order valence-corrected chi connectivity index (χ3v) is 5.94. The van der Waals surface area contributed by atoms with Crippen LogP contribution in [0.1, 0.15) is 58.4 Å². The molecule has 0 unspecified atom stereocenters. The number of ether oxygens (including phenoxy) is 1. The number of carbonyl (C=O) groups is 1. The molecule has 2 rings (SSSR count). The number of benzene rings is 1. The van der Waals surface area contributed by atoms with E-state index in [1.165, 1.54) is 12.8 Å². The first kappa shape index (κ1) is 17.8. The van der Waals surface area contributed by atoms with Gasteiger partial charge in [-0.15, -0.1) is 0 Å². The molecule has 0 aliphatic heterocycles. The summed E-state index contributed by atoms with van der Waals surface area (Å²) in [4.78, 5) is 12.6. The lowest BCUT2D eigenvalue weighted by Gasteiger charge is -2.37. The van der Waals surface area contributed by atoms with Crippen LogP contribution in [0.25, 0.3) is 0 Å². The predicted octanol–water partition coefficient (Wildman–Crippen LogP) is 5.40. The second kappa shape index (κ2) is 7.80. The standard InChI is InChI=1S/C19H27IO2/c1-12(2)15-10-9-13(3)11-18(15)22-19(21)14(4)16-7-5-6-8-17(16)20/h5-8,12-15,18H,9-11H2,1-4H3/t13-,14+,15+,18-/m1/s1. The Bertz CT molecular complexity index is 512. The number of hydrogen-bond acceptors (Lipinski definition) is 2. The van der Waals surface area contributed by atoms with Crippen LogP contribution in [0.15, 0.2) is 24.3 Å². The van der Waals surface area contributed by atoms with Crippen LogP contribution >= 0.6 is 22.6 Å². The van der Waals surface area contributed by atoms with Gasteiger partial charge in [-0.05, 0) is 71.7 Å². The minimum atomic E-state index is -0.196. The van der Waals surface area contributed by atoms with Crippen LogP contribution in [0.4, 0.5) is 0 Å². The normalized spacial score (nSPS) is 26.7. The lowest BCUT2D eigenvalue weighted by molar-refractivity contribution is -0.157. The van der Waals surface area contributed by atoms with Crippen LogP contribution in [0.2, 0.25) is 0 Å². The molecule has 1 aliphatic carbocycles. The Morgan fingerprint density at radius 1 is 1.23 bits per heavy atom. The Kier molecular flexibility index (Phi) is 6.30. The molecule has 1 saturated carbocycles. The maximum Gasteiger partial charge on any atom is 0.313 e. The van der Waals surface area contributed by atoms with Gasteiger partial charge in [0.05, 0.1) is 5.92 Å². The topological polar surface area (TPSA) is 26.3 Å². The van der Waals surface area contributed by atoms with E-state index in [4.69, 9.17) is 4.74 Å². The fourth-order valence-corrected chi connectivity index (χ4v) is 4.31. The van der Waals surface area contributed by atoms with Crippen LogP contribution in [0.3, 0.4) is 0 Å². The number of carbonyl (C=O) groups excluding carboxylic acids is 1. The van der Waals surface area contributed by atoms with Crippen molar-refractivity contribution in [3.63, 3.8) is 0 Å². The quantitative estimate of drug-likeness (QED) is 0.487. The van der Waals surface area contributed by atoms with Crippen molar-refractivity contribution in [3.8, 4) is 0 Å². The van der Waals surface area contributed by atoms with Gasteiger partial charge >= 0.3 is 5.97 Å². The zero-order valence-corrected chi connectivity index (χ0v) is 16.2. The molecular formula is C19H27IO2. The third-order valence-electron chi connectivity index (χ3n) is 4.95. The van der Waals surface area contributed by atoms with Crippen molar-refractivity contribution in [2.45, 2.75) is 59.0 Å². The van der Waals surface area contributed by atoms with E-state index in [2.05, 4.69) is 43.4 Å². The summed E-state index contributed by atoms with van der Waals surface area (Å²) in [5.74, 6) is 1.45. The van der Waals surface area contributed by atoms with E-state index in [-0.39, 0.29) is 18.0 Å². The van der Waals surface area contributed by atoms with Gasteiger partial charge in [0.15, 0.2) is 0 Å². The molecule has 1 aromatic carbocycles. The number of esters is 1. The summed E-state index contributed by atoms with van der Waals surface area (Å²) in [6, 6.07) is 8.05. The van der Waals surface area contributed by atoms with Gasteiger partial charge in [0, 0.05) is 3.57 Å². The summed E-state index contributed by atoms with van der Waals surface area (Å²) in [5.41, 5.74) is 1.07.